The summed E-state index contributed by atoms with van der Waals surface area (Å²) < 4.78 is 6.52. The molecule has 1 unspecified atom stereocenters. The summed E-state index contributed by atoms with van der Waals surface area (Å²) in [6.45, 7) is 2.55. The van der Waals surface area contributed by atoms with Crippen molar-refractivity contribution in [3.63, 3.8) is 0 Å². The van der Waals surface area contributed by atoms with Crippen LogP contribution in [0.2, 0.25) is 0 Å². The van der Waals surface area contributed by atoms with Crippen LogP contribution in [0.25, 0.3) is 21.3 Å². The van der Waals surface area contributed by atoms with E-state index in [-0.39, 0.29) is 11.5 Å². The zero-order chi connectivity index (χ0) is 17.4. The van der Waals surface area contributed by atoms with Gasteiger partial charge in [-0.15, -0.1) is 11.3 Å². The van der Waals surface area contributed by atoms with Crippen LogP contribution in [0.4, 0.5) is 0 Å². The molecule has 1 amide bonds. The van der Waals surface area contributed by atoms with Crippen LogP contribution in [-0.2, 0) is 9.53 Å². The Morgan fingerprint density at radius 3 is 2.88 bits per heavy atom. The van der Waals surface area contributed by atoms with Gasteiger partial charge in [0.05, 0.1) is 5.39 Å². The van der Waals surface area contributed by atoms with E-state index in [0.29, 0.717) is 23.2 Å². The van der Waals surface area contributed by atoms with Crippen molar-refractivity contribution in [3.8, 4) is 11.1 Å². The van der Waals surface area contributed by atoms with E-state index >= 15 is 0 Å². The summed E-state index contributed by atoms with van der Waals surface area (Å²) in [5.41, 5.74) is 4.18. The normalized spacial score (nSPS) is 17.1. The second kappa shape index (κ2) is 6.42. The van der Waals surface area contributed by atoms with Crippen LogP contribution in [0, 0.1) is 6.92 Å². The molecular formula is C18H17N3O3S. The predicted molar refractivity (Wildman–Crippen MR) is 97.4 cm³/mol. The number of benzene rings is 1. The second-order valence-electron chi connectivity index (χ2n) is 5.98. The topological polar surface area (TPSA) is 73.2 Å². The molecule has 3 heterocycles. The Bertz CT molecular complexity index is 988. The van der Waals surface area contributed by atoms with Crippen molar-refractivity contribution < 1.29 is 9.53 Å². The molecular weight excluding hydrogens is 338 g/mol. The van der Waals surface area contributed by atoms with E-state index < -0.39 is 6.10 Å². The Morgan fingerprint density at radius 2 is 2.16 bits per heavy atom. The second-order valence-corrected chi connectivity index (χ2v) is 7.18. The van der Waals surface area contributed by atoms with E-state index in [1.807, 2.05) is 37.3 Å². The zero-order valence-corrected chi connectivity index (χ0v) is 14.5. The minimum atomic E-state index is -0.500. The van der Waals surface area contributed by atoms with Crippen LogP contribution in [-0.4, -0.2) is 28.3 Å². The minimum Gasteiger partial charge on any atom is -0.368 e. The molecule has 25 heavy (non-hydrogen) atoms. The van der Waals surface area contributed by atoms with Crippen LogP contribution >= 0.6 is 11.3 Å². The van der Waals surface area contributed by atoms with Crippen molar-refractivity contribution >= 4 is 27.5 Å². The van der Waals surface area contributed by atoms with Crippen molar-refractivity contribution in [1.82, 2.24) is 9.66 Å². The first kappa shape index (κ1) is 16.0. The molecule has 6 nitrogen and oxygen atoms in total. The molecule has 1 aliphatic heterocycles. The van der Waals surface area contributed by atoms with Gasteiger partial charge in [-0.1, -0.05) is 30.3 Å². The summed E-state index contributed by atoms with van der Waals surface area (Å²) in [4.78, 5) is 31.2. The summed E-state index contributed by atoms with van der Waals surface area (Å²) in [5, 5.41) is 0.531. The fourth-order valence-corrected chi connectivity index (χ4v) is 4.11. The largest absolute Gasteiger partial charge is 0.368 e. The summed E-state index contributed by atoms with van der Waals surface area (Å²) in [6, 6.07) is 9.75. The highest BCUT2D eigenvalue weighted by molar-refractivity contribution is 7.19. The first-order valence-corrected chi connectivity index (χ1v) is 8.95. The average molecular weight is 355 g/mol. The molecule has 1 atom stereocenters. The molecule has 0 aliphatic carbocycles. The van der Waals surface area contributed by atoms with E-state index in [9.17, 15) is 9.59 Å². The van der Waals surface area contributed by atoms with Gasteiger partial charge in [-0.25, -0.2) is 9.66 Å². The molecule has 1 saturated heterocycles. The third kappa shape index (κ3) is 2.85. The van der Waals surface area contributed by atoms with Gasteiger partial charge in [-0.2, -0.15) is 0 Å². The SMILES string of the molecule is Cc1sc2ncn(NC(=O)C3CCCO3)c(=O)c2c1-c1ccccc1. The van der Waals surface area contributed by atoms with Gasteiger partial charge in [0.1, 0.15) is 17.3 Å². The Kier molecular flexibility index (Phi) is 4.10. The van der Waals surface area contributed by atoms with E-state index in [1.165, 1.54) is 17.7 Å². The van der Waals surface area contributed by atoms with Crippen molar-refractivity contribution in [2.24, 2.45) is 0 Å². The van der Waals surface area contributed by atoms with Gasteiger partial charge in [0.15, 0.2) is 0 Å². The number of nitrogens with one attached hydrogen (secondary N) is 1. The van der Waals surface area contributed by atoms with Gasteiger partial charge in [0, 0.05) is 17.0 Å². The van der Waals surface area contributed by atoms with Crippen LogP contribution in [0.3, 0.4) is 0 Å². The number of hydrogen-bond acceptors (Lipinski definition) is 5. The molecule has 2 aromatic heterocycles. The molecule has 0 radical (unpaired) electrons. The van der Waals surface area contributed by atoms with E-state index in [4.69, 9.17) is 4.74 Å². The number of aryl methyl sites for hydroxylation is 1. The molecule has 0 bridgehead atoms. The lowest BCUT2D eigenvalue weighted by Crippen LogP contribution is -2.38. The van der Waals surface area contributed by atoms with Gasteiger partial charge in [0.25, 0.3) is 11.5 Å². The molecule has 0 saturated carbocycles. The van der Waals surface area contributed by atoms with Gasteiger partial charge in [0.2, 0.25) is 0 Å². The number of thiophene rings is 1. The number of carbonyl (C=O) groups excluding carboxylic acids is 1. The molecule has 4 rings (SSSR count). The first-order chi connectivity index (χ1) is 12.1. The first-order valence-electron chi connectivity index (χ1n) is 8.14. The van der Waals surface area contributed by atoms with Crippen LogP contribution in [0.1, 0.15) is 17.7 Å². The molecule has 1 aromatic carbocycles. The maximum atomic E-state index is 13.0. The van der Waals surface area contributed by atoms with Gasteiger partial charge in [-0.3, -0.25) is 15.0 Å². The van der Waals surface area contributed by atoms with Crippen molar-refractivity contribution in [2.45, 2.75) is 25.9 Å². The highest BCUT2D eigenvalue weighted by atomic mass is 32.1. The van der Waals surface area contributed by atoms with Gasteiger partial charge in [-0.05, 0) is 25.3 Å². The molecule has 7 heteroatoms. The van der Waals surface area contributed by atoms with Crippen LogP contribution in [0.5, 0.6) is 0 Å². The third-order valence-corrected chi connectivity index (χ3v) is 5.32. The summed E-state index contributed by atoms with van der Waals surface area (Å²) in [5.74, 6) is -0.311. The number of amides is 1. The Morgan fingerprint density at radius 1 is 1.36 bits per heavy atom. The van der Waals surface area contributed by atoms with Crippen LogP contribution in [0.15, 0.2) is 41.5 Å². The maximum absolute atomic E-state index is 13.0. The quantitative estimate of drug-likeness (QED) is 0.784. The van der Waals surface area contributed by atoms with E-state index in [2.05, 4.69) is 10.4 Å². The number of rotatable bonds is 3. The summed E-state index contributed by atoms with van der Waals surface area (Å²) in [6.07, 6.45) is 2.39. The number of fused-ring (bicyclic) bond motifs is 1. The molecule has 128 valence electrons. The lowest BCUT2D eigenvalue weighted by molar-refractivity contribution is -0.125. The Labute approximate surface area is 148 Å². The highest BCUT2D eigenvalue weighted by Gasteiger charge is 2.25. The molecule has 1 N–H and O–H groups in total. The maximum Gasteiger partial charge on any atom is 0.281 e. The predicted octanol–water partition coefficient (Wildman–Crippen LogP) is 2.68. The standard InChI is InChI=1S/C18H17N3O3S/c1-11-14(12-6-3-2-4-7-12)15-17(25-11)19-10-21(18(15)23)20-16(22)13-8-5-9-24-13/h2-4,6-7,10,13H,5,8-9H2,1H3,(H,20,22). The lowest BCUT2D eigenvalue weighted by Gasteiger charge is -2.12. The molecule has 1 fully saturated rings. The Hall–Kier alpha value is -2.51. The third-order valence-electron chi connectivity index (χ3n) is 4.30. The van der Waals surface area contributed by atoms with Gasteiger partial charge < -0.3 is 4.74 Å². The number of nitrogens with zero attached hydrogens (tertiary/aromatic N) is 2. The number of ether oxygens (including phenoxy) is 1. The van der Waals surface area contributed by atoms with E-state index in [1.54, 1.807) is 0 Å². The van der Waals surface area contributed by atoms with Crippen molar-refractivity contribution in [3.05, 3.63) is 51.9 Å². The monoisotopic (exact) mass is 355 g/mol. The fraction of sp³-hybridized carbons (Fsp3) is 0.278. The molecule has 0 spiro atoms. The minimum absolute atomic E-state index is 0.278. The molecule has 1 aliphatic rings. The Balaban J connectivity index is 1.79. The summed E-state index contributed by atoms with van der Waals surface area (Å²) >= 11 is 1.48. The lowest BCUT2D eigenvalue weighted by atomic mass is 10.0. The van der Waals surface area contributed by atoms with Crippen molar-refractivity contribution in [2.75, 3.05) is 12.0 Å². The smallest absolute Gasteiger partial charge is 0.281 e. The van der Waals surface area contributed by atoms with Crippen LogP contribution < -0.4 is 11.0 Å². The number of hydrogen-bond donors (Lipinski definition) is 1. The highest BCUT2D eigenvalue weighted by Crippen LogP contribution is 2.35. The molecule has 3 aromatic rings. The van der Waals surface area contributed by atoms with Gasteiger partial charge >= 0.3 is 0 Å². The van der Waals surface area contributed by atoms with E-state index in [0.717, 1.165) is 27.1 Å². The zero-order valence-electron chi connectivity index (χ0n) is 13.7. The summed E-state index contributed by atoms with van der Waals surface area (Å²) in [7, 11) is 0. The number of aromatic nitrogens is 2. The number of carbonyl (C=O) groups is 1. The fourth-order valence-electron chi connectivity index (χ4n) is 3.11. The van der Waals surface area contributed by atoms with Crippen molar-refractivity contribution in [1.29, 1.82) is 0 Å². The average Bonchev–Trinajstić information content (AvgIpc) is 3.26.